The van der Waals surface area contributed by atoms with Crippen LogP contribution >= 0.6 is 27.7 Å². The number of thioether (sulfide) groups is 1. The molecule has 2 aromatic rings. The van der Waals surface area contributed by atoms with Gasteiger partial charge in [0.15, 0.2) is 15.0 Å². The van der Waals surface area contributed by atoms with Crippen LogP contribution in [-0.2, 0) is 15.6 Å². The Kier molecular flexibility index (Phi) is 4.83. The Morgan fingerprint density at radius 3 is 2.69 bits per heavy atom. The fraction of sp³-hybridized carbons (Fsp3) is 0.278. The zero-order valence-corrected chi connectivity index (χ0v) is 16.9. The predicted molar refractivity (Wildman–Crippen MR) is 108 cm³/mol. The van der Waals surface area contributed by atoms with Gasteiger partial charge >= 0.3 is 0 Å². The number of amidine groups is 1. The molecule has 0 N–H and O–H groups in total. The van der Waals surface area contributed by atoms with Crippen LogP contribution in [0.5, 0.6) is 0 Å². The molecule has 0 aromatic heterocycles. The average Bonchev–Trinajstić information content (AvgIpc) is 3.06. The standard InChI is InChI=1S/C18H16BrFN2O2S2/c19-13-6-7-16(14(20)8-13)22-17-11-26(23,24)10-15(17)21-18(22)25-9-12-4-2-1-3-5-12/h1-8,15,17H,9-11H2/t15-,17-/m1/s1. The van der Waals surface area contributed by atoms with Crippen molar-refractivity contribution in [3.63, 3.8) is 0 Å². The van der Waals surface area contributed by atoms with Crippen molar-refractivity contribution in [1.29, 1.82) is 0 Å². The average molecular weight is 455 g/mol. The van der Waals surface area contributed by atoms with Crippen molar-refractivity contribution in [1.82, 2.24) is 0 Å². The van der Waals surface area contributed by atoms with E-state index in [1.807, 2.05) is 30.3 Å². The fourth-order valence-corrected chi connectivity index (χ4v) is 6.56. The largest absolute Gasteiger partial charge is 0.312 e. The van der Waals surface area contributed by atoms with Crippen molar-refractivity contribution in [2.75, 3.05) is 16.4 Å². The Bertz CT molecular complexity index is 966. The first-order valence-electron chi connectivity index (χ1n) is 8.12. The van der Waals surface area contributed by atoms with Gasteiger partial charge < -0.3 is 4.90 Å². The van der Waals surface area contributed by atoms with Gasteiger partial charge in [-0.05, 0) is 23.8 Å². The van der Waals surface area contributed by atoms with Gasteiger partial charge in [-0.1, -0.05) is 58.0 Å². The number of hydrogen-bond donors (Lipinski definition) is 0. The third kappa shape index (κ3) is 3.54. The second kappa shape index (κ2) is 6.98. The molecule has 1 saturated heterocycles. The third-order valence-corrected chi connectivity index (χ3v) is 7.72. The highest BCUT2D eigenvalue weighted by atomic mass is 79.9. The Morgan fingerprint density at radius 2 is 1.96 bits per heavy atom. The summed E-state index contributed by atoms with van der Waals surface area (Å²) in [5, 5.41) is 0.681. The molecule has 0 amide bonds. The van der Waals surface area contributed by atoms with Crippen LogP contribution in [-0.4, -0.2) is 37.2 Å². The van der Waals surface area contributed by atoms with Crippen molar-refractivity contribution in [3.8, 4) is 0 Å². The maximum absolute atomic E-state index is 14.6. The first kappa shape index (κ1) is 18.0. The van der Waals surface area contributed by atoms with Crippen molar-refractivity contribution in [2.45, 2.75) is 17.8 Å². The lowest BCUT2D eigenvalue weighted by atomic mass is 10.1. The van der Waals surface area contributed by atoms with Gasteiger partial charge in [0.25, 0.3) is 0 Å². The summed E-state index contributed by atoms with van der Waals surface area (Å²) < 4.78 is 39.3. The zero-order chi connectivity index (χ0) is 18.3. The van der Waals surface area contributed by atoms with Crippen molar-refractivity contribution in [2.24, 2.45) is 4.99 Å². The number of rotatable bonds is 3. The molecule has 2 heterocycles. The number of sulfone groups is 1. The van der Waals surface area contributed by atoms with Crippen LogP contribution < -0.4 is 4.90 Å². The molecule has 4 rings (SSSR count). The van der Waals surface area contributed by atoms with Crippen LogP contribution in [0.3, 0.4) is 0 Å². The van der Waals surface area contributed by atoms with Gasteiger partial charge in [-0.15, -0.1) is 0 Å². The molecular formula is C18H16BrFN2O2S2. The van der Waals surface area contributed by atoms with E-state index in [4.69, 9.17) is 0 Å². The van der Waals surface area contributed by atoms with Crippen LogP contribution in [0, 0.1) is 5.82 Å². The molecule has 8 heteroatoms. The molecule has 2 atom stereocenters. The normalized spacial score (nSPS) is 23.8. The SMILES string of the molecule is O=S1(=O)C[C@@H]2[C@@H](C1)N=C(SCc1ccccc1)N2c1ccc(Br)cc1F. The zero-order valence-electron chi connectivity index (χ0n) is 13.7. The lowest BCUT2D eigenvalue weighted by molar-refractivity contribution is 0.600. The summed E-state index contributed by atoms with van der Waals surface area (Å²) in [7, 11) is -3.15. The topological polar surface area (TPSA) is 49.7 Å². The predicted octanol–water partition coefficient (Wildman–Crippen LogP) is 3.86. The van der Waals surface area contributed by atoms with Gasteiger partial charge in [0.1, 0.15) is 5.82 Å². The lowest BCUT2D eigenvalue weighted by Crippen LogP contribution is -2.39. The minimum Gasteiger partial charge on any atom is -0.312 e. The second-order valence-electron chi connectivity index (χ2n) is 6.36. The number of fused-ring (bicyclic) bond motifs is 1. The smallest absolute Gasteiger partial charge is 0.164 e. The van der Waals surface area contributed by atoms with Crippen molar-refractivity contribution >= 4 is 48.4 Å². The quantitative estimate of drug-likeness (QED) is 0.706. The fourth-order valence-electron chi connectivity index (χ4n) is 3.31. The van der Waals surface area contributed by atoms with Gasteiger partial charge in [0.2, 0.25) is 0 Å². The minimum absolute atomic E-state index is 0.00602. The Hall–Kier alpha value is -1.38. The van der Waals surface area contributed by atoms with Crippen LogP contribution in [0.2, 0.25) is 0 Å². The number of nitrogens with zero attached hydrogens (tertiary/aromatic N) is 2. The highest BCUT2D eigenvalue weighted by Crippen LogP contribution is 2.37. The lowest BCUT2D eigenvalue weighted by Gasteiger charge is -2.27. The molecule has 1 fully saturated rings. The molecule has 0 spiro atoms. The van der Waals surface area contributed by atoms with E-state index in [1.54, 1.807) is 17.0 Å². The Labute approximate surface area is 164 Å². The first-order chi connectivity index (χ1) is 12.4. The summed E-state index contributed by atoms with van der Waals surface area (Å²) >= 11 is 4.78. The molecule has 2 aromatic carbocycles. The molecule has 26 heavy (non-hydrogen) atoms. The van der Waals surface area contributed by atoms with Gasteiger partial charge in [-0.2, -0.15) is 0 Å². The Morgan fingerprint density at radius 1 is 1.19 bits per heavy atom. The molecular weight excluding hydrogens is 439 g/mol. The van der Waals surface area contributed by atoms with Crippen LogP contribution in [0.1, 0.15) is 5.56 Å². The summed E-state index contributed by atoms with van der Waals surface area (Å²) in [5.74, 6) is 0.339. The third-order valence-electron chi connectivity index (χ3n) is 4.49. The molecule has 4 nitrogen and oxygen atoms in total. The second-order valence-corrected chi connectivity index (χ2v) is 10.4. The van der Waals surface area contributed by atoms with E-state index in [1.165, 1.54) is 17.8 Å². The molecule has 0 saturated carbocycles. The van der Waals surface area contributed by atoms with Crippen molar-refractivity contribution in [3.05, 3.63) is 64.4 Å². The molecule has 136 valence electrons. The maximum atomic E-state index is 14.6. The summed E-state index contributed by atoms with van der Waals surface area (Å²) in [6.07, 6.45) is 0. The van der Waals surface area contributed by atoms with E-state index in [9.17, 15) is 12.8 Å². The van der Waals surface area contributed by atoms with Gasteiger partial charge in [0, 0.05) is 10.2 Å². The molecule has 2 aliphatic heterocycles. The van der Waals surface area contributed by atoms with Crippen LogP contribution in [0.4, 0.5) is 10.1 Å². The molecule has 0 bridgehead atoms. The van der Waals surface area contributed by atoms with E-state index in [2.05, 4.69) is 20.9 Å². The number of hydrogen-bond acceptors (Lipinski definition) is 5. The summed E-state index contributed by atoms with van der Waals surface area (Å²) in [4.78, 5) is 6.40. The van der Waals surface area contributed by atoms with Gasteiger partial charge in [-0.25, -0.2) is 12.8 Å². The number of halogens is 2. The number of anilines is 1. The molecule has 2 aliphatic rings. The van der Waals surface area contributed by atoms with E-state index < -0.39 is 15.7 Å². The highest BCUT2D eigenvalue weighted by Gasteiger charge is 2.47. The number of aliphatic imine (C=N–C) groups is 1. The van der Waals surface area contributed by atoms with E-state index in [0.717, 1.165) is 5.56 Å². The van der Waals surface area contributed by atoms with Crippen molar-refractivity contribution < 1.29 is 12.8 Å². The highest BCUT2D eigenvalue weighted by molar-refractivity contribution is 9.10. The molecule has 0 radical (unpaired) electrons. The van der Waals surface area contributed by atoms with E-state index in [-0.39, 0.29) is 23.6 Å². The summed E-state index contributed by atoms with van der Waals surface area (Å²) in [5.41, 5.74) is 1.51. The minimum atomic E-state index is -3.15. The van der Waals surface area contributed by atoms with Gasteiger partial charge in [-0.3, -0.25) is 4.99 Å². The summed E-state index contributed by atoms with van der Waals surface area (Å²) in [6, 6.07) is 14.1. The first-order valence-corrected chi connectivity index (χ1v) is 11.7. The number of benzene rings is 2. The molecule has 0 unspecified atom stereocenters. The van der Waals surface area contributed by atoms with E-state index >= 15 is 0 Å². The molecule has 0 aliphatic carbocycles. The summed E-state index contributed by atoms with van der Waals surface area (Å²) in [6.45, 7) is 0. The maximum Gasteiger partial charge on any atom is 0.164 e. The van der Waals surface area contributed by atoms with E-state index in [0.29, 0.717) is 21.1 Å². The van der Waals surface area contributed by atoms with Gasteiger partial charge in [0.05, 0.1) is 29.3 Å². The van der Waals surface area contributed by atoms with Crippen LogP contribution in [0.25, 0.3) is 0 Å². The Balaban J connectivity index is 1.66. The van der Waals surface area contributed by atoms with Crippen LogP contribution in [0.15, 0.2) is 58.0 Å². The monoisotopic (exact) mass is 454 g/mol.